The maximum atomic E-state index is 2.48. The van der Waals surface area contributed by atoms with E-state index in [1.807, 2.05) is 0 Å². The first-order valence-corrected chi connectivity index (χ1v) is 17.9. The lowest BCUT2D eigenvalue weighted by molar-refractivity contribution is 0.659. The van der Waals surface area contributed by atoms with Crippen molar-refractivity contribution < 1.29 is 0 Å². The molecule has 0 aliphatic heterocycles. The molecule has 0 radical (unpaired) electrons. The summed E-state index contributed by atoms with van der Waals surface area (Å²) in [5.41, 5.74) is 16.2. The smallest absolute Gasteiger partial charge is 0.0159 e. The van der Waals surface area contributed by atoms with E-state index in [1.165, 1.54) is 110 Å². The van der Waals surface area contributed by atoms with Gasteiger partial charge in [0, 0.05) is 10.8 Å². The fraction of sp³-hybridized carbons (Fsp3) is 0.120. The van der Waals surface area contributed by atoms with Gasteiger partial charge in [0.15, 0.2) is 0 Å². The van der Waals surface area contributed by atoms with Crippen LogP contribution in [0.25, 0.3) is 87.6 Å². The van der Waals surface area contributed by atoms with Crippen LogP contribution in [-0.2, 0) is 10.8 Å². The maximum absolute atomic E-state index is 2.48. The number of benzene rings is 9. The molecule has 0 bridgehead atoms. The second-order valence-electron chi connectivity index (χ2n) is 15.7. The Balaban J connectivity index is 1.04. The van der Waals surface area contributed by atoms with Crippen LogP contribution in [0.1, 0.15) is 49.9 Å². The Morgan fingerprint density at radius 3 is 1.46 bits per heavy atom. The molecular formula is C50H36. The molecule has 0 unspecified atom stereocenters. The largest absolute Gasteiger partial charge is 0.0619 e. The lowest BCUT2D eigenvalue weighted by atomic mass is 9.79. The molecule has 0 nitrogen and oxygen atoms in total. The summed E-state index contributed by atoms with van der Waals surface area (Å²) in [6.07, 6.45) is 0. The summed E-state index contributed by atoms with van der Waals surface area (Å²) in [4.78, 5) is 0. The molecule has 0 heteroatoms. The molecule has 9 aromatic rings. The van der Waals surface area contributed by atoms with Crippen molar-refractivity contribution in [2.24, 2.45) is 0 Å². The van der Waals surface area contributed by atoms with Gasteiger partial charge < -0.3 is 0 Å². The average Bonchev–Trinajstić information content (AvgIpc) is 3.52. The van der Waals surface area contributed by atoms with Crippen LogP contribution < -0.4 is 0 Å². The highest BCUT2D eigenvalue weighted by molar-refractivity contribution is 6.35. The van der Waals surface area contributed by atoms with Crippen LogP contribution in [0.3, 0.4) is 0 Å². The lowest BCUT2D eigenvalue weighted by Gasteiger charge is -2.24. The summed E-state index contributed by atoms with van der Waals surface area (Å²) in [6, 6.07) is 55.4. The van der Waals surface area contributed by atoms with Gasteiger partial charge in [0.1, 0.15) is 0 Å². The topological polar surface area (TPSA) is 0 Å². The fourth-order valence-corrected chi connectivity index (χ4v) is 9.85. The van der Waals surface area contributed by atoms with Crippen molar-refractivity contribution in [2.45, 2.75) is 38.5 Å². The van der Waals surface area contributed by atoms with Crippen LogP contribution in [0.4, 0.5) is 0 Å². The zero-order valence-electron chi connectivity index (χ0n) is 28.9. The second-order valence-corrected chi connectivity index (χ2v) is 15.7. The van der Waals surface area contributed by atoms with E-state index < -0.39 is 0 Å². The molecule has 2 aliphatic carbocycles. The molecule has 0 amide bonds. The van der Waals surface area contributed by atoms with E-state index in [0.717, 1.165) is 0 Å². The third-order valence-electron chi connectivity index (χ3n) is 12.4. The van der Waals surface area contributed by atoms with Crippen molar-refractivity contribution in [2.75, 3.05) is 0 Å². The number of rotatable bonds is 2. The molecule has 0 aromatic heterocycles. The predicted molar refractivity (Wildman–Crippen MR) is 214 cm³/mol. The Morgan fingerprint density at radius 2 is 0.780 bits per heavy atom. The SMILES string of the molecule is CC1(C)c2ccccc2-c2ccc(-c3ccc4c(c3)C(C)(C)c3cc(-c5ccc6c7ccccc7c7cccc8ccc5c6c87)ccc3-4)cc21. The van der Waals surface area contributed by atoms with Gasteiger partial charge in [-0.1, -0.05) is 155 Å². The van der Waals surface area contributed by atoms with Crippen LogP contribution in [0.2, 0.25) is 0 Å². The molecular weight excluding hydrogens is 601 g/mol. The molecule has 0 saturated heterocycles. The van der Waals surface area contributed by atoms with Crippen LogP contribution in [0.15, 0.2) is 146 Å². The molecule has 236 valence electrons. The number of hydrogen-bond donors (Lipinski definition) is 0. The molecule has 50 heavy (non-hydrogen) atoms. The van der Waals surface area contributed by atoms with E-state index in [0.29, 0.717) is 0 Å². The van der Waals surface area contributed by atoms with Crippen molar-refractivity contribution in [3.63, 3.8) is 0 Å². The van der Waals surface area contributed by atoms with E-state index in [4.69, 9.17) is 0 Å². The highest BCUT2D eigenvalue weighted by Gasteiger charge is 2.37. The molecule has 0 N–H and O–H groups in total. The summed E-state index contributed by atoms with van der Waals surface area (Å²) in [6.45, 7) is 9.54. The molecule has 9 aromatic carbocycles. The van der Waals surface area contributed by atoms with Gasteiger partial charge in [-0.3, -0.25) is 0 Å². The molecule has 2 aliphatic rings. The Labute approximate surface area is 293 Å². The van der Waals surface area contributed by atoms with E-state index in [2.05, 4.69) is 173 Å². The summed E-state index contributed by atoms with van der Waals surface area (Å²) < 4.78 is 0. The van der Waals surface area contributed by atoms with Gasteiger partial charge in [0.05, 0.1) is 0 Å². The highest BCUT2D eigenvalue weighted by Crippen LogP contribution is 2.53. The summed E-state index contributed by atoms with van der Waals surface area (Å²) >= 11 is 0. The van der Waals surface area contributed by atoms with Crippen molar-refractivity contribution >= 4 is 43.1 Å². The number of fused-ring (bicyclic) bond motifs is 9. The molecule has 0 saturated carbocycles. The zero-order chi connectivity index (χ0) is 33.5. The average molecular weight is 637 g/mol. The Hall–Kier alpha value is -5.72. The summed E-state index contributed by atoms with van der Waals surface area (Å²) in [5.74, 6) is 0. The lowest BCUT2D eigenvalue weighted by Crippen LogP contribution is -2.15. The van der Waals surface area contributed by atoms with Crippen LogP contribution in [0, 0.1) is 0 Å². The van der Waals surface area contributed by atoms with Crippen molar-refractivity contribution in [1.29, 1.82) is 0 Å². The molecule has 0 spiro atoms. The third kappa shape index (κ3) is 3.51. The van der Waals surface area contributed by atoms with Crippen molar-refractivity contribution in [3.05, 3.63) is 168 Å². The van der Waals surface area contributed by atoms with Crippen molar-refractivity contribution in [1.82, 2.24) is 0 Å². The Morgan fingerprint density at radius 1 is 0.300 bits per heavy atom. The van der Waals surface area contributed by atoms with Gasteiger partial charge in [0.25, 0.3) is 0 Å². The maximum Gasteiger partial charge on any atom is 0.0159 e. The second kappa shape index (κ2) is 9.49. The number of hydrogen-bond acceptors (Lipinski definition) is 0. The minimum atomic E-state index is -0.122. The van der Waals surface area contributed by atoms with Crippen molar-refractivity contribution in [3.8, 4) is 44.5 Å². The standard InChI is InChI=1S/C50H36/c1-49(2)43-15-8-7-13-36(43)37-20-17-30(26-44(37)49)31-18-21-38-39-22-19-32(28-46(39)50(3,4)45(38)27-31)33-24-25-42-35-12-6-5-11-34(35)40-14-9-10-29-16-23-41(33)48(42)47(29)40/h5-28H,1-4H3. The minimum absolute atomic E-state index is 0.0111. The van der Waals surface area contributed by atoms with Crippen LogP contribution >= 0.6 is 0 Å². The first-order chi connectivity index (χ1) is 24.3. The van der Waals surface area contributed by atoms with Gasteiger partial charge in [0.2, 0.25) is 0 Å². The monoisotopic (exact) mass is 636 g/mol. The van der Waals surface area contributed by atoms with Gasteiger partial charge in [-0.05, 0) is 128 Å². The Bertz CT molecular complexity index is 2910. The van der Waals surface area contributed by atoms with Gasteiger partial charge in [-0.2, -0.15) is 0 Å². The summed E-state index contributed by atoms with van der Waals surface area (Å²) in [5, 5.41) is 10.7. The van der Waals surface area contributed by atoms with Gasteiger partial charge in [-0.25, -0.2) is 0 Å². The molecule has 0 atom stereocenters. The first-order valence-electron chi connectivity index (χ1n) is 17.9. The highest BCUT2D eigenvalue weighted by atomic mass is 14.4. The zero-order valence-corrected chi connectivity index (χ0v) is 28.9. The third-order valence-corrected chi connectivity index (χ3v) is 12.4. The van der Waals surface area contributed by atoms with Gasteiger partial charge >= 0.3 is 0 Å². The first kappa shape index (κ1) is 28.2. The quantitative estimate of drug-likeness (QED) is 0.131. The van der Waals surface area contributed by atoms with Crippen LogP contribution in [-0.4, -0.2) is 0 Å². The van der Waals surface area contributed by atoms with E-state index >= 15 is 0 Å². The fourth-order valence-electron chi connectivity index (χ4n) is 9.85. The Kier molecular flexibility index (Phi) is 5.34. The molecule has 0 fully saturated rings. The molecule has 11 rings (SSSR count). The normalized spacial score (nSPS) is 15.1. The predicted octanol–water partition coefficient (Wildman–Crippen LogP) is 13.7. The van der Waals surface area contributed by atoms with Gasteiger partial charge in [-0.15, -0.1) is 0 Å². The minimum Gasteiger partial charge on any atom is -0.0619 e. The van der Waals surface area contributed by atoms with E-state index in [9.17, 15) is 0 Å². The van der Waals surface area contributed by atoms with Crippen LogP contribution in [0.5, 0.6) is 0 Å². The van der Waals surface area contributed by atoms with E-state index in [-0.39, 0.29) is 10.8 Å². The summed E-state index contributed by atoms with van der Waals surface area (Å²) in [7, 11) is 0. The van der Waals surface area contributed by atoms with E-state index in [1.54, 1.807) is 0 Å². The molecule has 0 heterocycles.